The zero-order chi connectivity index (χ0) is 12.6. The molecule has 0 aliphatic heterocycles. The van der Waals surface area contributed by atoms with Gasteiger partial charge in [-0.1, -0.05) is 0 Å². The minimum Gasteiger partial charge on any atom is -0.288 e. The first-order valence-corrected chi connectivity index (χ1v) is 6.35. The maximum atomic E-state index is 13.5. The van der Waals surface area contributed by atoms with Crippen LogP contribution in [0.15, 0.2) is 28.1 Å². The van der Waals surface area contributed by atoms with Gasteiger partial charge in [-0.3, -0.25) is 4.79 Å². The van der Waals surface area contributed by atoms with Crippen LogP contribution in [-0.2, 0) is 0 Å². The van der Waals surface area contributed by atoms with E-state index in [-0.39, 0.29) is 5.56 Å². The minimum atomic E-state index is -0.836. The third-order valence-electron chi connectivity index (χ3n) is 2.31. The van der Waals surface area contributed by atoms with Gasteiger partial charge in [-0.25, -0.2) is 8.78 Å². The molecule has 88 valence electrons. The summed E-state index contributed by atoms with van der Waals surface area (Å²) in [5.74, 6) is -1.96. The minimum absolute atomic E-state index is 0.111. The molecule has 0 saturated heterocycles. The van der Waals surface area contributed by atoms with Gasteiger partial charge in [0.15, 0.2) is 5.78 Å². The number of ketones is 1. The fourth-order valence-electron chi connectivity index (χ4n) is 1.49. The highest BCUT2D eigenvalue weighted by Crippen LogP contribution is 2.28. The van der Waals surface area contributed by atoms with E-state index in [4.69, 9.17) is 0 Å². The van der Waals surface area contributed by atoms with Crippen LogP contribution in [0.2, 0.25) is 0 Å². The average Bonchev–Trinajstić information content (AvgIpc) is 2.57. The Balaban J connectivity index is 2.47. The maximum absolute atomic E-state index is 13.5. The predicted molar refractivity (Wildman–Crippen MR) is 66.5 cm³/mol. The number of rotatable bonds is 2. The molecule has 1 aromatic heterocycles. The van der Waals surface area contributed by atoms with Crippen LogP contribution in [0, 0.1) is 18.6 Å². The van der Waals surface area contributed by atoms with E-state index in [1.54, 1.807) is 13.0 Å². The second kappa shape index (κ2) is 4.66. The average molecular weight is 317 g/mol. The molecule has 0 bridgehead atoms. The quantitative estimate of drug-likeness (QED) is 0.754. The number of benzene rings is 1. The summed E-state index contributed by atoms with van der Waals surface area (Å²) in [6.45, 7) is 1.78. The fourth-order valence-corrected chi connectivity index (χ4v) is 3.18. The largest absolute Gasteiger partial charge is 0.288 e. The van der Waals surface area contributed by atoms with Crippen molar-refractivity contribution < 1.29 is 13.6 Å². The van der Waals surface area contributed by atoms with E-state index in [0.29, 0.717) is 11.6 Å². The van der Waals surface area contributed by atoms with Crippen molar-refractivity contribution in [3.63, 3.8) is 0 Å². The molecule has 2 rings (SSSR count). The molecule has 0 amide bonds. The van der Waals surface area contributed by atoms with Crippen LogP contribution in [0.3, 0.4) is 0 Å². The third kappa shape index (κ3) is 2.45. The summed E-state index contributed by atoms with van der Waals surface area (Å²) in [6.07, 6.45) is 0. The van der Waals surface area contributed by atoms with Crippen molar-refractivity contribution in [2.24, 2.45) is 0 Å². The van der Waals surface area contributed by atoms with Crippen molar-refractivity contribution in [2.45, 2.75) is 6.92 Å². The molecule has 1 heterocycles. The van der Waals surface area contributed by atoms with Crippen molar-refractivity contribution in [3.05, 3.63) is 55.7 Å². The van der Waals surface area contributed by atoms with Crippen LogP contribution in [0.1, 0.15) is 20.8 Å². The molecule has 0 unspecified atom stereocenters. The van der Waals surface area contributed by atoms with Crippen LogP contribution in [0.5, 0.6) is 0 Å². The first kappa shape index (κ1) is 12.4. The summed E-state index contributed by atoms with van der Waals surface area (Å²) in [5.41, 5.74) is 0.326. The smallest absolute Gasteiger partial charge is 0.197 e. The summed E-state index contributed by atoms with van der Waals surface area (Å²) >= 11 is 4.67. The molecule has 0 radical (unpaired) electrons. The summed E-state index contributed by atoms with van der Waals surface area (Å²) < 4.78 is 27.0. The van der Waals surface area contributed by atoms with Crippen LogP contribution >= 0.6 is 27.3 Å². The molecule has 0 aliphatic rings. The highest BCUT2D eigenvalue weighted by atomic mass is 79.9. The number of carbonyl (C=O) groups excluding carboxylic acids is 1. The Labute approximate surface area is 109 Å². The summed E-state index contributed by atoms with van der Waals surface area (Å²) in [5, 5.41) is 0. The van der Waals surface area contributed by atoms with Gasteiger partial charge in [0.05, 0.1) is 9.35 Å². The van der Waals surface area contributed by atoms with E-state index >= 15 is 0 Å². The number of thiophene rings is 1. The summed E-state index contributed by atoms with van der Waals surface area (Å²) in [7, 11) is 0. The monoisotopic (exact) mass is 316 g/mol. The van der Waals surface area contributed by atoms with E-state index in [1.807, 2.05) is 0 Å². The molecule has 0 aliphatic carbocycles. The van der Waals surface area contributed by atoms with Crippen molar-refractivity contribution in [3.8, 4) is 0 Å². The number of hydrogen-bond acceptors (Lipinski definition) is 2. The lowest BCUT2D eigenvalue weighted by Gasteiger charge is -2.01. The molecule has 1 nitrogen and oxygen atoms in total. The van der Waals surface area contributed by atoms with Gasteiger partial charge in [0, 0.05) is 16.5 Å². The van der Waals surface area contributed by atoms with Crippen LogP contribution in [0.4, 0.5) is 8.78 Å². The molecule has 17 heavy (non-hydrogen) atoms. The Hall–Kier alpha value is -1.07. The molecule has 0 spiro atoms. The fraction of sp³-hybridized carbons (Fsp3) is 0.0833. The zero-order valence-corrected chi connectivity index (χ0v) is 11.2. The Kier molecular flexibility index (Phi) is 3.40. The highest BCUT2D eigenvalue weighted by Gasteiger charge is 2.18. The van der Waals surface area contributed by atoms with Crippen molar-refractivity contribution >= 4 is 33.0 Å². The van der Waals surface area contributed by atoms with Crippen molar-refractivity contribution in [1.82, 2.24) is 0 Å². The van der Waals surface area contributed by atoms with Gasteiger partial charge in [0.1, 0.15) is 11.6 Å². The molecule has 0 atom stereocenters. The number of hydrogen-bond donors (Lipinski definition) is 0. The maximum Gasteiger partial charge on any atom is 0.197 e. The predicted octanol–water partition coefficient (Wildman–Crippen LogP) is 4.33. The topological polar surface area (TPSA) is 17.1 Å². The summed E-state index contributed by atoms with van der Waals surface area (Å²) in [4.78, 5) is 12.8. The van der Waals surface area contributed by atoms with Crippen molar-refractivity contribution in [2.75, 3.05) is 0 Å². The Morgan fingerprint density at radius 2 is 1.94 bits per heavy atom. The van der Waals surface area contributed by atoms with Gasteiger partial charge < -0.3 is 0 Å². The van der Waals surface area contributed by atoms with Crippen LogP contribution < -0.4 is 0 Å². The van der Waals surface area contributed by atoms with Gasteiger partial charge >= 0.3 is 0 Å². The summed E-state index contributed by atoms with van der Waals surface area (Å²) in [6, 6.07) is 4.60. The molecule has 1 aromatic carbocycles. The van der Waals surface area contributed by atoms with Gasteiger partial charge in [0.25, 0.3) is 0 Å². The van der Waals surface area contributed by atoms with Gasteiger partial charge in [0.2, 0.25) is 0 Å². The Morgan fingerprint density at radius 1 is 1.24 bits per heavy atom. The standard InChI is InChI=1S/C12H7BrF2OS/c1-6-9(5-11(13)17-6)12(16)8-3-2-7(14)4-10(8)15/h2-5H,1H3. The molecular weight excluding hydrogens is 310 g/mol. The molecule has 2 aromatic rings. The SMILES string of the molecule is Cc1sc(Br)cc1C(=O)c1ccc(F)cc1F. The number of aryl methyl sites for hydroxylation is 1. The molecule has 5 heteroatoms. The molecule has 0 saturated carbocycles. The lowest BCUT2D eigenvalue weighted by atomic mass is 10.0. The van der Waals surface area contributed by atoms with Crippen molar-refractivity contribution in [1.29, 1.82) is 0 Å². The lowest BCUT2D eigenvalue weighted by molar-refractivity contribution is 0.103. The van der Waals surface area contributed by atoms with Gasteiger partial charge in [-0.15, -0.1) is 11.3 Å². The van der Waals surface area contributed by atoms with Crippen LogP contribution in [0.25, 0.3) is 0 Å². The van der Waals surface area contributed by atoms with E-state index in [9.17, 15) is 13.6 Å². The Morgan fingerprint density at radius 3 is 2.47 bits per heavy atom. The van der Waals surface area contributed by atoms with Gasteiger partial charge in [-0.05, 0) is 41.1 Å². The zero-order valence-electron chi connectivity index (χ0n) is 8.76. The first-order valence-electron chi connectivity index (χ1n) is 4.74. The van der Waals surface area contributed by atoms with E-state index in [0.717, 1.165) is 20.8 Å². The van der Waals surface area contributed by atoms with Crippen LogP contribution in [-0.4, -0.2) is 5.78 Å². The van der Waals surface area contributed by atoms with Gasteiger partial charge in [-0.2, -0.15) is 0 Å². The van der Waals surface area contributed by atoms with E-state index in [2.05, 4.69) is 15.9 Å². The third-order valence-corrected chi connectivity index (χ3v) is 3.86. The highest BCUT2D eigenvalue weighted by molar-refractivity contribution is 9.11. The molecule has 0 N–H and O–H groups in total. The molecule has 0 fully saturated rings. The first-order chi connectivity index (χ1) is 7.99. The number of halogens is 3. The lowest BCUT2D eigenvalue weighted by Crippen LogP contribution is -2.04. The normalized spacial score (nSPS) is 10.6. The molecular formula is C12H7BrF2OS. The van der Waals surface area contributed by atoms with E-state index < -0.39 is 17.4 Å². The second-order valence-corrected chi connectivity index (χ2v) is 6.11. The number of carbonyl (C=O) groups is 1. The van der Waals surface area contributed by atoms with E-state index in [1.165, 1.54) is 11.3 Å². The second-order valence-electron chi connectivity index (χ2n) is 3.47. The Bertz CT molecular complexity index is 592.